The van der Waals surface area contributed by atoms with Crippen LogP contribution >= 0.6 is 0 Å². The van der Waals surface area contributed by atoms with Gasteiger partial charge in [-0.1, -0.05) is 48.0 Å². The average Bonchev–Trinajstić information content (AvgIpc) is 2.02. The molecule has 13 heavy (non-hydrogen) atoms. The van der Waals surface area contributed by atoms with Crippen molar-refractivity contribution in [2.45, 2.75) is 65.1 Å². The Labute approximate surface area is 85.4 Å². The minimum atomic E-state index is -1.22. The van der Waals surface area contributed by atoms with E-state index in [-0.39, 0.29) is 0 Å². The zero-order chi connectivity index (χ0) is 10.5. The molecule has 0 saturated heterocycles. The molecule has 0 aliphatic carbocycles. The van der Waals surface area contributed by atoms with Crippen LogP contribution in [0.5, 0.6) is 0 Å². The lowest BCUT2D eigenvalue weighted by Gasteiger charge is -2.43. The second-order valence-corrected chi connectivity index (χ2v) is 10.2. The van der Waals surface area contributed by atoms with E-state index in [1.165, 1.54) is 18.5 Å². The van der Waals surface area contributed by atoms with Gasteiger partial charge in [-0.05, 0) is 23.7 Å². The van der Waals surface area contributed by atoms with Crippen LogP contribution in [0.3, 0.4) is 0 Å². The van der Waals surface area contributed by atoms with Gasteiger partial charge in [0.2, 0.25) is 0 Å². The molecule has 0 heterocycles. The Morgan fingerprint density at radius 2 is 1.62 bits per heavy atom. The van der Waals surface area contributed by atoms with Gasteiger partial charge < -0.3 is 4.98 Å². The second kappa shape index (κ2) is 5.16. The molecular weight excluding hydrogens is 174 g/mol. The SMILES string of the molecule is CCC[Si](CC)(NCC)C(C)(C)C. The maximum atomic E-state index is 3.83. The zero-order valence-electron chi connectivity index (χ0n) is 10.3. The van der Waals surface area contributed by atoms with Gasteiger partial charge in [-0.3, -0.25) is 0 Å². The summed E-state index contributed by atoms with van der Waals surface area (Å²) in [6.07, 6.45) is 1.32. The fraction of sp³-hybridized carbons (Fsp3) is 1.00. The summed E-state index contributed by atoms with van der Waals surface area (Å²) in [5, 5.41) is 0.494. The standard InChI is InChI=1S/C11H27NSi/c1-7-10-13(9-3,12-8-2)11(4,5)6/h12H,7-10H2,1-6H3. The molecule has 2 heteroatoms. The highest BCUT2D eigenvalue weighted by atomic mass is 28.3. The van der Waals surface area contributed by atoms with E-state index in [9.17, 15) is 0 Å². The molecule has 0 bridgehead atoms. The summed E-state index contributed by atoms with van der Waals surface area (Å²) in [6, 6.07) is 2.78. The summed E-state index contributed by atoms with van der Waals surface area (Å²) in [7, 11) is -1.22. The van der Waals surface area contributed by atoms with E-state index in [0.29, 0.717) is 5.04 Å². The minimum absolute atomic E-state index is 0.494. The molecule has 0 spiro atoms. The molecule has 0 saturated carbocycles. The Kier molecular flexibility index (Phi) is 5.23. The van der Waals surface area contributed by atoms with Gasteiger partial charge in [0, 0.05) is 0 Å². The maximum absolute atomic E-state index is 3.83. The monoisotopic (exact) mass is 201 g/mol. The number of hydrogen-bond donors (Lipinski definition) is 1. The third kappa shape index (κ3) is 3.10. The Morgan fingerprint density at radius 1 is 1.08 bits per heavy atom. The van der Waals surface area contributed by atoms with E-state index in [4.69, 9.17) is 0 Å². The van der Waals surface area contributed by atoms with Crippen LogP contribution in [0.15, 0.2) is 0 Å². The first-order valence-corrected chi connectivity index (χ1v) is 8.10. The van der Waals surface area contributed by atoms with Crippen LogP contribution in [-0.2, 0) is 0 Å². The van der Waals surface area contributed by atoms with E-state index >= 15 is 0 Å². The number of rotatable bonds is 5. The third-order valence-corrected chi connectivity index (χ3v) is 9.69. The summed E-state index contributed by atoms with van der Waals surface area (Å²) in [5.74, 6) is 0. The second-order valence-electron chi connectivity index (χ2n) is 4.97. The highest BCUT2D eigenvalue weighted by Gasteiger charge is 2.41. The van der Waals surface area contributed by atoms with Crippen LogP contribution in [0.25, 0.3) is 0 Å². The molecule has 0 radical (unpaired) electrons. The van der Waals surface area contributed by atoms with Crippen molar-refractivity contribution in [2.75, 3.05) is 6.54 Å². The average molecular weight is 201 g/mol. The van der Waals surface area contributed by atoms with Crippen molar-refractivity contribution in [3.63, 3.8) is 0 Å². The fourth-order valence-corrected chi connectivity index (χ4v) is 6.98. The fourth-order valence-electron chi connectivity index (χ4n) is 2.33. The lowest BCUT2D eigenvalue weighted by molar-refractivity contribution is 0.662. The van der Waals surface area contributed by atoms with Crippen LogP contribution in [0.4, 0.5) is 0 Å². The van der Waals surface area contributed by atoms with E-state index in [1.807, 2.05) is 0 Å². The van der Waals surface area contributed by atoms with Crippen LogP contribution in [-0.4, -0.2) is 14.8 Å². The van der Waals surface area contributed by atoms with Gasteiger partial charge >= 0.3 is 0 Å². The van der Waals surface area contributed by atoms with Crippen molar-refractivity contribution in [3.05, 3.63) is 0 Å². The quantitative estimate of drug-likeness (QED) is 0.668. The number of nitrogens with one attached hydrogen (secondary N) is 1. The molecule has 1 atom stereocenters. The first-order valence-electron chi connectivity index (χ1n) is 5.68. The molecule has 0 aromatic carbocycles. The van der Waals surface area contributed by atoms with Gasteiger partial charge in [-0.25, -0.2) is 0 Å². The molecule has 0 aliphatic heterocycles. The van der Waals surface area contributed by atoms with E-state index in [2.05, 4.69) is 46.5 Å². The van der Waals surface area contributed by atoms with E-state index in [1.54, 1.807) is 0 Å². The molecular formula is C11H27NSi. The minimum Gasteiger partial charge on any atom is -0.337 e. The Balaban J connectivity index is 4.64. The highest BCUT2D eigenvalue weighted by Crippen LogP contribution is 2.39. The van der Waals surface area contributed by atoms with Gasteiger partial charge in [0.15, 0.2) is 0 Å². The summed E-state index contributed by atoms with van der Waals surface area (Å²) in [4.78, 5) is 3.83. The zero-order valence-corrected chi connectivity index (χ0v) is 11.3. The largest absolute Gasteiger partial charge is 0.337 e. The van der Waals surface area contributed by atoms with Crippen molar-refractivity contribution in [3.8, 4) is 0 Å². The van der Waals surface area contributed by atoms with Crippen LogP contribution in [0, 0.1) is 0 Å². The van der Waals surface area contributed by atoms with Crippen molar-refractivity contribution >= 4 is 8.24 Å². The number of hydrogen-bond acceptors (Lipinski definition) is 1. The first-order chi connectivity index (χ1) is 5.93. The van der Waals surface area contributed by atoms with E-state index < -0.39 is 8.24 Å². The lowest BCUT2D eigenvalue weighted by Crippen LogP contribution is -2.56. The molecule has 0 aromatic heterocycles. The van der Waals surface area contributed by atoms with Crippen LogP contribution in [0.2, 0.25) is 17.1 Å². The van der Waals surface area contributed by atoms with Gasteiger partial charge in [0.1, 0.15) is 8.24 Å². The van der Waals surface area contributed by atoms with Gasteiger partial charge in [-0.2, -0.15) is 0 Å². The molecule has 0 aliphatic rings. The van der Waals surface area contributed by atoms with Crippen molar-refractivity contribution in [1.29, 1.82) is 0 Å². The van der Waals surface area contributed by atoms with Gasteiger partial charge in [-0.15, -0.1) is 0 Å². The maximum Gasteiger partial charge on any atom is 0.130 e. The normalized spacial score (nSPS) is 17.1. The summed E-state index contributed by atoms with van der Waals surface area (Å²) in [6.45, 7) is 15.2. The topological polar surface area (TPSA) is 12.0 Å². The van der Waals surface area contributed by atoms with Crippen molar-refractivity contribution in [1.82, 2.24) is 4.98 Å². The molecule has 0 aromatic rings. The first kappa shape index (κ1) is 13.2. The molecule has 1 nitrogen and oxygen atoms in total. The molecule has 0 fully saturated rings. The smallest absolute Gasteiger partial charge is 0.130 e. The Hall–Kier alpha value is 0.177. The molecule has 1 N–H and O–H groups in total. The third-order valence-electron chi connectivity index (χ3n) is 3.23. The van der Waals surface area contributed by atoms with Crippen molar-refractivity contribution in [2.24, 2.45) is 0 Å². The van der Waals surface area contributed by atoms with Crippen molar-refractivity contribution < 1.29 is 0 Å². The lowest BCUT2D eigenvalue weighted by atomic mass is 10.2. The molecule has 0 rings (SSSR count). The van der Waals surface area contributed by atoms with Crippen LogP contribution in [0.1, 0.15) is 48.0 Å². The predicted octanol–water partition coefficient (Wildman–Crippen LogP) is 3.77. The highest BCUT2D eigenvalue weighted by molar-refractivity contribution is 6.80. The summed E-state index contributed by atoms with van der Waals surface area (Å²) >= 11 is 0. The Morgan fingerprint density at radius 3 is 1.85 bits per heavy atom. The predicted molar refractivity (Wildman–Crippen MR) is 64.7 cm³/mol. The Bertz CT molecular complexity index is 132. The summed E-state index contributed by atoms with van der Waals surface area (Å²) in [5.41, 5.74) is 0. The molecule has 0 amide bonds. The molecule has 80 valence electrons. The van der Waals surface area contributed by atoms with E-state index in [0.717, 1.165) is 6.54 Å². The van der Waals surface area contributed by atoms with Crippen LogP contribution < -0.4 is 4.98 Å². The van der Waals surface area contributed by atoms with Gasteiger partial charge in [0.05, 0.1) is 0 Å². The summed E-state index contributed by atoms with van der Waals surface area (Å²) < 4.78 is 0. The molecule has 1 unspecified atom stereocenters. The van der Waals surface area contributed by atoms with Gasteiger partial charge in [0.25, 0.3) is 0 Å².